The summed E-state index contributed by atoms with van der Waals surface area (Å²) >= 11 is 0. The smallest absolute Gasteiger partial charge is 0.329 e. The molecule has 0 spiro atoms. The molecule has 1 aromatic rings. The predicted octanol–water partition coefficient (Wildman–Crippen LogP) is -0.101. The Hall–Kier alpha value is -2.94. The highest BCUT2D eigenvalue weighted by molar-refractivity contribution is 6.35. The van der Waals surface area contributed by atoms with E-state index in [0.717, 1.165) is 0 Å². The molecule has 3 amide bonds. The summed E-state index contributed by atoms with van der Waals surface area (Å²) in [6, 6.07) is 6.80. The summed E-state index contributed by atoms with van der Waals surface area (Å²) in [5, 5.41) is 6.24. The second kappa shape index (κ2) is 10.3. The second-order valence-electron chi connectivity index (χ2n) is 6.15. The van der Waals surface area contributed by atoms with Gasteiger partial charge in [-0.25, -0.2) is 5.43 Å². The molecule has 0 aliphatic carbocycles. The molecule has 1 aliphatic rings. The van der Waals surface area contributed by atoms with Crippen LogP contribution < -0.4 is 15.5 Å². The average molecular weight is 376 g/mol. The van der Waals surface area contributed by atoms with Gasteiger partial charge in [0, 0.05) is 24.7 Å². The minimum atomic E-state index is -0.860. The highest BCUT2D eigenvalue weighted by atomic mass is 16.5. The Bertz CT molecular complexity index is 699. The van der Waals surface area contributed by atoms with Crippen LogP contribution in [0.5, 0.6) is 5.75 Å². The van der Waals surface area contributed by atoms with Crippen LogP contribution in [-0.4, -0.2) is 67.8 Å². The second-order valence-corrected chi connectivity index (χ2v) is 6.15. The molecule has 0 aromatic heterocycles. The van der Waals surface area contributed by atoms with E-state index in [-0.39, 0.29) is 18.6 Å². The Morgan fingerprint density at radius 2 is 1.93 bits per heavy atom. The number of para-hydroxylation sites is 1. The van der Waals surface area contributed by atoms with Gasteiger partial charge in [0.05, 0.1) is 19.4 Å². The Morgan fingerprint density at radius 3 is 2.63 bits per heavy atom. The van der Waals surface area contributed by atoms with Gasteiger partial charge in [0.25, 0.3) is 5.91 Å². The summed E-state index contributed by atoms with van der Waals surface area (Å²) in [6.45, 7) is 5.55. The topological polar surface area (TPSA) is 109 Å². The van der Waals surface area contributed by atoms with Gasteiger partial charge in [0.1, 0.15) is 5.75 Å². The predicted molar refractivity (Wildman–Crippen MR) is 98.4 cm³/mol. The van der Waals surface area contributed by atoms with E-state index < -0.39 is 11.8 Å². The zero-order valence-corrected chi connectivity index (χ0v) is 15.4. The largest absolute Gasteiger partial charge is 0.483 e. The summed E-state index contributed by atoms with van der Waals surface area (Å²) < 4.78 is 10.8. The fraction of sp³-hybridized carbons (Fsp3) is 0.444. The SMILES string of the molecule is CC(C)NC(=O)C(=O)N/N=C\c1ccccc1OCC(=O)N1CCOCC1. The first-order valence-electron chi connectivity index (χ1n) is 8.68. The number of amides is 3. The fourth-order valence-electron chi connectivity index (χ4n) is 2.30. The molecule has 146 valence electrons. The van der Waals surface area contributed by atoms with Gasteiger partial charge in [-0.3, -0.25) is 14.4 Å². The van der Waals surface area contributed by atoms with Crippen LogP contribution in [0, 0.1) is 0 Å². The average Bonchev–Trinajstić information content (AvgIpc) is 2.67. The van der Waals surface area contributed by atoms with Crippen LogP contribution >= 0.6 is 0 Å². The number of hydrazone groups is 1. The summed E-state index contributed by atoms with van der Waals surface area (Å²) in [4.78, 5) is 37.0. The number of rotatable bonds is 6. The Morgan fingerprint density at radius 1 is 1.22 bits per heavy atom. The van der Waals surface area contributed by atoms with E-state index in [1.807, 2.05) is 0 Å². The van der Waals surface area contributed by atoms with E-state index in [0.29, 0.717) is 37.6 Å². The summed E-state index contributed by atoms with van der Waals surface area (Å²) in [6.07, 6.45) is 1.36. The minimum Gasteiger partial charge on any atom is -0.483 e. The van der Waals surface area contributed by atoms with E-state index in [1.165, 1.54) is 6.21 Å². The normalized spacial score (nSPS) is 14.3. The van der Waals surface area contributed by atoms with Crippen LogP contribution in [0.2, 0.25) is 0 Å². The van der Waals surface area contributed by atoms with Gasteiger partial charge in [-0.15, -0.1) is 0 Å². The van der Waals surface area contributed by atoms with E-state index >= 15 is 0 Å². The maximum atomic E-state index is 12.2. The van der Waals surface area contributed by atoms with Gasteiger partial charge in [0.2, 0.25) is 0 Å². The fourth-order valence-corrected chi connectivity index (χ4v) is 2.30. The van der Waals surface area contributed by atoms with Crippen molar-refractivity contribution in [2.45, 2.75) is 19.9 Å². The third-order valence-corrected chi connectivity index (χ3v) is 3.63. The number of hydrogen-bond donors (Lipinski definition) is 2. The quantitative estimate of drug-likeness (QED) is 0.409. The molecule has 2 rings (SSSR count). The molecule has 1 heterocycles. The lowest BCUT2D eigenvalue weighted by Gasteiger charge is -2.26. The van der Waals surface area contributed by atoms with E-state index in [1.54, 1.807) is 43.0 Å². The van der Waals surface area contributed by atoms with Crippen molar-refractivity contribution in [1.82, 2.24) is 15.6 Å². The Balaban J connectivity index is 1.89. The number of hydrogen-bond acceptors (Lipinski definition) is 6. The maximum absolute atomic E-state index is 12.2. The van der Waals surface area contributed by atoms with E-state index in [4.69, 9.17) is 9.47 Å². The molecular formula is C18H24N4O5. The first kappa shape index (κ1) is 20.4. The van der Waals surface area contributed by atoms with Crippen molar-refractivity contribution in [3.8, 4) is 5.75 Å². The number of morpholine rings is 1. The number of nitrogens with one attached hydrogen (secondary N) is 2. The number of carbonyl (C=O) groups excluding carboxylic acids is 3. The van der Waals surface area contributed by atoms with Crippen LogP contribution in [0.1, 0.15) is 19.4 Å². The van der Waals surface area contributed by atoms with Gasteiger partial charge >= 0.3 is 11.8 Å². The summed E-state index contributed by atoms with van der Waals surface area (Å²) in [7, 11) is 0. The third-order valence-electron chi connectivity index (χ3n) is 3.63. The number of ether oxygens (including phenoxy) is 2. The molecule has 2 N–H and O–H groups in total. The summed E-state index contributed by atoms with van der Waals surface area (Å²) in [5.41, 5.74) is 2.72. The number of nitrogens with zero attached hydrogens (tertiary/aromatic N) is 2. The van der Waals surface area contributed by atoms with Crippen LogP contribution in [0.4, 0.5) is 0 Å². The first-order valence-corrected chi connectivity index (χ1v) is 8.68. The molecule has 1 aliphatic heterocycles. The minimum absolute atomic E-state index is 0.103. The van der Waals surface area contributed by atoms with Crippen molar-refractivity contribution < 1.29 is 23.9 Å². The van der Waals surface area contributed by atoms with Crippen molar-refractivity contribution in [2.24, 2.45) is 5.10 Å². The zero-order valence-electron chi connectivity index (χ0n) is 15.4. The standard InChI is InChI=1S/C18H24N4O5/c1-13(2)20-17(24)18(25)21-19-11-14-5-3-4-6-15(14)27-12-16(23)22-7-9-26-10-8-22/h3-6,11,13H,7-10,12H2,1-2H3,(H,20,24)(H,21,25)/b19-11-. The number of carbonyl (C=O) groups is 3. The van der Waals surface area contributed by atoms with Crippen LogP contribution in [0.25, 0.3) is 0 Å². The molecule has 9 nitrogen and oxygen atoms in total. The molecule has 0 bridgehead atoms. The maximum Gasteiger partial charge on any atom is 0.329 e. The third kappa shape index (κ3) is 6.70. The van der Waals surface area contributed by atoms with Gasteiger partial charge in [0.15, 0.2) is 6.61 Å². The van der Waals surface area contributed by atoms with Crippen LogP contribution in [0.3, 0.4) is 0 Å². The van der Waals surface area contributed by atoms with Gasteiger partial charge < -0.3 is 19.7 Å². The Kier molecular flexibility index (Phi) is 7.75. The molecule has 1 saturated heterocycles. The molecular weight excluding hydrogens is 352 g/mol. The van der Waals surface area contributed by atoms with Crippen molar-refractivity contribution >= 4 is 23.9 Å². The molecule has 0 atom stereocenters. The van der Waals surface area contributed by atoms with Gasteiger partial charge in [-0.1, -0.05) is 12.1 Å². The van der Waals surface area contributed by atoms with E-state index in [2.05, 4.69) is 15.8 Å². The van der Waals surface area contributed by atoms with Crippen molar-refractivity contribution in [3.63, 3.8) is 0 Å². The van der Waals surface area contributed by atoms with E-state index in [9.17, 15) is 14.4 Å². The highest BCUT2D eigenvalue weighted by Crippen LogP contribution is 2.16. The zero-order chi connectivity index (χ0) is 19.6. The monoisotopic (exact) mass is 376 g/mol. The number of benzene rings is 1. The van der Waals surface area contributed by atoms with Gasteiger partial charge in [-0.05, 0) is 26.0 Å². The molecule has 1 aromatic carbocycles. The molecule has 27 heavy (non-hydrogen) atoms. The Labute approximate surface area is 157 Å². The first-order chi connectivity index (χ1) is 13.0. The van der Waals surface area contributed by atoms with Crippen LogP contribution in [0.15, 0.2) is 29.4 Å². The summed E-state index contributed by atoms with van der Waals surface area (Å²) in [5.74, 6) is -1.30. The lowest BCUT2D eigenvalue weighted by atomic mass is 10.2. The molecule has 9 heteroatoms. The van der Waals surface area contributed by atoms with Crippen LogP contribution in [-0.2, 0) is 19.1 Å². The lowest BCUT2D eigenvalue weighted by Crippen LogP contribution is -2.43. The molecule has 0 saturated carbocycles. The lowest BCUT2D eigenvalue weighted by molar-refractivity contribution is -0.139. The molecule has 0 radical (unpaired) electrons. The molecule has 0 unspecified atom stereocenters. The molecule has 1 fully saturated rings. The van der Waals surface area contributed by atoms with Crippen molar-refractivity contribution in [2.75, 3.05) is 32.9 Å². The highest BCUT2D eigenvalue weighted by Gasteiger charge is 2.17. The van der Waals surface area contributed by atoms with Crippen molar-refractivity contribution in [3.05, 3.63) is 29.8 Å². The van der Waals surface area contributed by atoms with Crippen molar-refractivity contribution in [1.29, 1.82) is 0 Å². The van der Waals surface area contributed by atoms with Gasteiger partial charge in [-0.2, -0.15) is 5.10 Å².